The minimum Gasteiger partial charge on any atom is -0.302 e. The van der Waals surface area contributed by atoms with Crippen LogP contribution in [-0.2, 0) is 11.2 Å². The number of carbonyl (C=O) groups is 1. The Labute approximate surface area is 133 Å². The van der Waals surface area contributed by atoms with E-state index in [-0.39, 0.29) is 23.8 Å². The van der Waals surface area contributed by atoms with Gasteiger partial charge < -0.3 is 5.32 Å². The van der Waals surface area contributed by atoms with Gasteiger partial charge in [-0.1, -0.05) is 23.5 Å². The molecule has 0 saturated carbocycles. The molecular weight excluding hydrogens is 321 g/mol. The van der Waals surface area contributed by atoms with Gasteiger partial charge in [-0.25, -0.2) is 9.37 Å². The molecule has 8 heteroatoms. The number of nitrogens with one attached hydrogen (secondary N) is 1. The first kappa shape index (κ1) is 15.0. The second-order valence-electron chi connectivity index (χ2n) is 4.78. The number of halogens is 1. The molecule has 0 bridgehead atoms. The molecule has 23 heavy (non-hydrogen) atoms. The second-order valence-corrected chi connectivity index (χ2v) is 5.81. The van der Waals surface area contributed by atoms with Crippen molar-refractivity contribution in [1.82, 2.24) is 4.98 Å². The highest BCUT2D eigenvalue weighted by atomic mass is 32.1. The molecule has 1 heterocycles. The molecule has 0 aliphatic carbocycles. The Morgan fingerprint density at radius 2 is 2.00 bits per heavy atom. The number of aromatic nitrogens is 1. The molecule has 1 amide bonds. The molecule has 6 nitrogen and oxygen atoms in total. The van der Waals surface area contributed by atoms with Gasteiger partial charge in [-0.3, -0.25) is 14.9 Å². The van der Waals surface area contributed by atoms with E-state index in [4.69, 9.17) is 0 Å². The van der Waals surface area contributed by atoms with Gasteiger partial charge in [0, 0.05) is 12.1 Å². The molecule has 1 N–H and O–H groups in total. The number of hydrogen-bond donors (Lipinski definition) is 1. The molecule has 0 saturated heterocycles. The van der Waals surface area contributed by atoms with Crippen LogP contribution in [0, 0.1) is 15.9 Å². The van der Waals surface area contributed by atoms with Gasteiger partial charge in [0.25, 0.3) is 5.69 Å². The number of thiazole rings is 1. The predicted molar refractivity (Wildman–Crippen MR) is 85.0 cm³/mol. The van der Waals surface area contributed by atoms with Crippen molar-refractivity contribution in [3.05, 3.63) is 64.0 Å². The smallest absolute Gasteiger partial charge is 0.271 e. The van der Waals surface area contributed by atoms with Crippen molar-refractivity contribution in [2.75, 3.05) is 5.32 Å². The number of nitrogens with zero attached hydrogens (tertiary/aromatic N) is 2. The lowest BCUT2D eigenvalue weighted by Gasteiger charge is -2.01. The molecule has 116 valence electrons. The summed E-state index contributed by atoms with van der Waals surface area (Å²) in [6, 6.07) is 10.0. The summed E-state index contributed by atoms with van der Waals surface area (Å²) >= 11 is 1.23. The van der Waals surface area contributed by atoms with E-state index in [0.29, 0.717) is 16.2 Å². The molecule has 0 fully saturated rings. The fraction of sp³-hybridized carbons (Fsp3) is 0.0667. The SMILES string of the molecule is O=C(Cc1ccc(F)cc1)Nc1nc2cc([N+](=O)[O-])ccc2s1. The van der Waals surface area contributed by atoms with Gasteiger partial charge in [-0.15, -0.1) is 0 Å². The van der Waals surface area contributed by atoms with E-state index in [0.717, 1.165) is 4.70 Å². The van der Waals surface area contributed by atoms with E-state index < -0.39 is 4.92 Å². The summed E-state index contributed by atoms with van der Waals surface area (Å²) in [5.74, 6) is -0.646. The van der Waals surface area contributed by atoms with Crippen molar-refractivity contribution in [3.63, 3.8) is 0 Å². The summed E-state index contributed by atoms with van der Waals surface area (Å²) in [5, 5.41) is 13.8. The third-order valence-corrected chi connectivity index (χ3v) is 4.06. The van der Waals surface area contributed by atoms with Crippen LogP contribution in [0.3, 0.4) is 0 Å². The van der Waals surface area contributed by atoms with Crippen LogP contribution in [0.15, 0.2) is 42.5 Å². The highest BCUT2D eigenvalue weighted by Crippen LogP contribution is 2.28. The highest BCUT2D eigenvalue weighted by molar-refractivity contribution is 7.22. The monoisotopic (exact) mass is 331 g/mol. The van der Waals surface area contributed by atoms with Gasteiger partial charge in [0.05, 0.1) is 21.6 Å². The highest BCUT2D eigenvalue weighted by Gasteiger charge is 2.12. The molecule has 3 aromatic rings. The maximum atomic E-state index is 12.8. The van der Waals surface area contributed by atoms with Crippen molar-refractivity contribution >= 4 is 38.3 Å². The zero-order chi connectivity index (χ0) is 16.4. The third kappa shape index (κ3) is 3.49. The number of amides is 1. The minimum absolute atomic E-state index is 0.0491. The van der Waals surface area contributed by atoms with Crippen LogP contribution >= 0.6 is 11.3 Å². The van der Waals surface area contributed by atoms with Gasteiger partial charge in [0.2, 0.25) is 5.91 Å². The lowest BCUT2D eigenvalue weighted by molar-refractivity contribution is -0.384. The normalized spacial score (nSPS) is 10.7. The molecule has 3 rings (SSSR count). The van der Waals surface area contributed by atoms with E-state index in [1.807, 2.05) is 0 Å². The van der Waals surface area contributed by atoms with Gasteiger partial charge in [0.1, 0.15) is 5.82 Å². The van der Waals surface area contributed by atoms with Gasteiger partial charge in [-0.05, 0) is 23.8 Å². The van der Waals surface area contributed by atoms with Crippen LogP contribution in [-0.4, -0.2) is 15.8 Å². The van der Waals surface area contributed by atoms with E-state index >= 15 is 0 Å². The van der Waals surface area contributed by atoms with Gasteiger partial charge in [-0.2, -0.15) is 0 Å². The number of rotatable bonds is 4. The van der Waals surface area contributed by atoms with Crippen molar-refractivity contribution in [3.8, 4) is 0 Å². The van der Waals surface area contributed by atoms with Gasteiger partial charge >= 0.3 is 0 Å². The Morgan fingerprint density at radius 3 is 2.70 bits per heavy atom. The first-order valence-electron chi connectivity index (χ1n) is 6.60. The number of hydrogen-bond acceptors (Lipinski definition) is 5. The molecular formula is C15H10FN3O3S. The van der Waals surface area contributed by atoms with E-state index in [2.05, 4.69) is 10.3 Å². The third-order valence-electron chi connectivity index (χ3n) is 3.11. The summed E-state index contributed by atoms with van der Waals surface area (Å²) in [4.78, 5) is 26.4. The summed E-state index contributed by atoms with van der Waals surface area (Å²) in [6.45, 7) is 0. The zero-order valence-electron chi connectivity index (χ0n) is 11.7. The average Bonchev–Trinajstić information content (AvgIpc) is 2.90. The molecule has 0 aliphatic heterocycles. The van der Waals surface area contributed by atoms with Crippen molar-refractivity contribution in [2.45, 2.75) is 6.42 Å². The molecule has 0 aliphatic rings. The van der Waals surface area contributed by atoms with Crippen molar-refractivity contribution in [2.24, 2.45) is 0 Å². The second kappa shape index (κ2) is 6.09. The van der Waals surface area contributed by atoms with Crippen LogP contribution in [0.2, 0.25) is 0 Å². The Bertz CT molecular complexity index is 893. The van der Waals surface area contributed by atoms with Gasteiger partial charge in [0.15, 0.2) is 5.13 Å². The molecule has 0 unspecified atom stereocenters. The molecule has 1 aromatic heterocycles. The standard InChI is InChI=1S/C15H10FN3O3S/c16-10-3-1-9(2-4-10)7-14(20)18-15-17-12-8-11(19(21)22)5-6-13(12)23-15/h1-6,8H,7H2,(H,17,18,20). The van der Waals surface area contributed by atoms with Crippen LogP contribution in [0.5, 0.6) is 0 Å². The molecule has 0 radical (unpaired) electrons. The minimum atomic E-state index is -0.494. The van der Waals surface area contributed by atoms with E-state index in [1.54, 1.807) is 6.07 Å². The number of fused-ring (bicyclic) bond motifs is 1. The number of benzene rings is 2. The number of non-ortho nitro benzene ring substituents is 1. The molecule has 0 spiro atoms. The lowest BCUT2D eigenvalue weighted by atomic mass is 10.1. The summed E-state index contributed by atoms with van der Waals surface area (Å²) in [6.07, 6.45) is 0.0936. The zero-order valence-corrected chi connectivity index (χ0v) is 12.5. The average molecular weight is 331 g/mol. The maximum absolute atomic E-state index is 12.8. The predicted octanol–water partition coefficient (Wildman–Crippen LogP) is 3.52. The van der Waals surface area contributed by atoms with Crippen LogP contribution in [0.1, 0.15) is 5.56 Å². The van der Waals surface area contributed by atoms with Crippen LogP contribution in [0.4, 0.5) is 15.2 Å². The van der Waals surface area contributed by atoms with Crippen LogP contribution in [0.25, 0.3) is 10.2 Å². The number of carbonyl (C=O) groups excluding carboxylic acids is 1. The summed E-state index contributed by atoms with van der Waals surface area (Å²) in [5.41, 5.74) is 1.09. The first-order chi connectivity index (χ1) is 11.0. The van der Waals surface area contributed by atoms with E-state index in [9.17, 15) is 19.3 Å². The number of nitro groups is 1. The number of anilines is 1. The largest absolute Gasteiger partial charge is 0.302 e. The topological polar surface area (TPSA) is 85.1 Å². The molecule has 0 atom stereocenters. The number of nitro benzene ring substituents is 1. The Hall–Kier alpha value is -2.87. The Kier molecular flexibility index (Phi) is 3.98. The lowest BCUT2D eigenvalue weighted by Crippen LogP contribution is -2.14. The maximum Gasteiger partial charge on any atom is 0.271 e. The first-order valence-corrected chi connectivity index (χ1v) is 7.42. The fourth-order valence-electron chi connectivity index (χ4n) is 2.03. The van der Waals surface area contributed by atoms with Crippen molar-refractivity contribution < 1.29 is 14.1 Å². The van der Waals surface area contributed by atoms with Crippen molar-refractivity contribution in [1.29, 1.82) is 0 Å². The Balaban J connectivity index is 1.74. The summed E-state index contributed by atoms with van der Waals surface area (Å²) < 4.78 is 13.6. The fourth-order valence-corrected chi connectivity index (χ4v) is 2.90. The Morgan fingerprint density at radius 1 is 1.26 bits per heavy atom. The quantitative estimate of drug-likeness (QED) is 0.585. The molecule has 2 aromatic carbocycles. The van der Waals surface area contributed by atoms with E-state index in [1.165, 1.54) is 47.7 Å². The van der Waals surface area contributed by atoms with Crippen LogP contribution < -0.4 is 5.32 Å². The summed E-state index contributed by atoms with van der Waals surface area (Å²) in [7, 11) is 0.